The molecule has 1 heterocycles. The zero-order valence-corrected chi connectivity index (χ0v) is 24.2. The van der Waals surface area contributed by atoms with E-state index in [1.54, 1.807) is 50.7 Å². The first-order chi connectivity index (χ1) is 19.4. The number of hydrogen-bond donors (Lipinski definition) is 3. The third-order valence-corrected chi connectivity index (χ3v) is 6.15. The fraction of sp³-hybridized carbons (Fsp3) is 0.379. The van der Waals surface area contributed by atoms with Gasteiger partial charge < -0.3 is 40.0 Å². The second-order valence-corrected chi connectivity index (χ2v) is 10.2. The lowest BCUT2D eigenvalue weighted by atomic mass is 10.0. The molecule has 0 radical (unpaired) electrons. The van der Waals surface area contributed by atoms with E-state index in [0.717, 1.165) is 5.56 Å². The van der Waals surface area contributed by atoms with Crippen LogP contribution in [0.1, 0.15) is 31.0 Å². The number of carbonyl (C=O) groups excluding carboxylic acids is 3. The molecule has 41 heavy (non-hydrogen) atoms. The number of hydrogen-bond acceptors (Lipinski definition) is 8. The van der Waals surface area contributed by atoms with Gasteiger partial charge in [-0.15, -0.1) is 0 Å². The van der Waals surface area contributed by atoms with Crippen LogP contribution >= 0.6 is 0 Å². The van der Waals surface area contributed by atoms with Gasteiger partial charge in [-0.3, -0.25) is 14.4 Å². The summed E-state index contributed by atoms with van der Waals surface area (Å²) in [6.45, 7) is 3.23. The zero-order valence-electron chi connectivity index (χ0n) is 24.2. The molecule has 12 nitrogen and oxygen atoms in total. The van der Waals surface area contributed by atoms with Crippen molar-refractivity contribution in [2.45, 2.75) is 38.1 Å². The molecule has 1 unspecified atom stereocenters. The molecule has 3 amide bonds. The third-order valence-electron chi connectivity index (χ3n) is 6.15. The number of amides is 3. The molecule has 2 aromatic carbocycles. The van der Waals surface area contributed by atoms with Crippen LogP contribution in [0, 0.1) is 0 Å². The topological polar surface area (TPSA) is 150 Å². The Morgan fingerprint density at radius 2 is 1.73 bits per heavy atom. The number of imidazole rings is 1. The van der Waals surface area contributed by atoms with Gasteiger partial charge in [0.25, 0.3) is 5.91 Å². The molecule has 12 heteroatoms. The van der Waals surface area contributed by atoms with Gasteiger partial charge in [0.05, 0.1) is 39.3 Å². The van der Waals surface area contributed by atoms with Gasteiger partial charge >= 0.3 is 0 Å². The van der Waals surface area contributed by atoms with E-state index in [2.05, 4.69) is 15.6 Å². The first kappa shape index (κ1) is 31.1. The van der Waals surface area contributed by atoms with E-state index in [1.807, 2.05) is 30.3 Å². The Kier molecular flexibility index (Phi) is 10.5. The molecule has 220 valence electrons. The lowest BCUT2D eigenvalue weighted by Crippen LogP contribution is -2.56. The average molecular weight is 567 g/mol. The molecule has 0 saturated carbocycles. The minimum Gasteiger partial charge on any atom is -0.493 e. The quantitative estimate of drug-likeness (QED) is 0.284. The molecular weight excluding hydrogens is 528 g/mol. The van der Waals surface area contributed by atoms with Crippen molar-refractivity contribution in [2.75, 3.05) is 40.2 Å². The maximum atomic E-state index is 13.3. The van der Waals surface area contributed by atoms with Crippen molar-refractivity contribution in [1.29, 1.82) is 0 Å². The number of aromatic nitrogens is 2. The van der Waals surface area contributed by atoms with Crippen LogP contribution in [0.15, 0.2) is 61.1 Å². The molecule has 3 rings (SSSR count). The fourth-order valence-corrected chi connectivity index (χ4v) is 3.86. The standard InChI is InChI=1S/C29H38N6O6/c1-29(2,30)28(38)32-21(17-41-16-19-10-8-7-9-11-19)26(36)33-24-15-35(18-31-24)25(27(37)34(3)4)20-12-13-22(39-5)23(14-20)40-6/h7-15,18,21,25H,16-17,30H2,1-6H3,(H,32,38)(H,33,36)/t21-,25?/m1/s1. The summed E-state index contributed by atoms with van der Waals surface area (Å²) >= 11 is 0. The molecule has 1 aromatic heterocycles. The Morgan fingerprint density at radius 1 is 1.05 bits per heavy atom. The Bertz CT molecular complexity index is 1340. The number of likely N-dealkylation sites (N-methyl/N-ethyl adjacent to an activating group) is 1. The minimum absolute atomic E-state index is 0.101. The average Bonchev–Trinajstić information content (AvgIpc) is 3.39. The lowest BCUT2D eigenvalue weighted by molar-refractivity contribution is -0.131. The largest absolute Gasteiger partial charge is 0.493 e. The van der Waals surface area contributed by atoms with Gasteiger partial charge in [-0.1, -0.05) is 36.4 Å². The molecule has 0 fully saturated rings. The van der Waals surface area contributed by atoms with Gasteiger partial charge in [-0.25, -0.2) is 4.98 Å². The molecule has 2 atom stereocenters. The Hall–Kier alpha value is -4.42. The van der Waals surface area contributed by atoms with Crippen LogP contribution in [0.4, 0.5) is 5.82 Å². The Labute approximate surface area is 239 Å². The SMILES string of the molecule is COc1ccc(C(C(=O)N(C)C)n2cnc(NC(=O)[C@@H](COCc3ccccc3)NC(=O)C(C)(C)N)c2)cc1OC. The number of nitrogens with two attached hydrogens (primary N) is 1. The monoisotopic (exact) mass is 566 g/mol. The molecule has 0 saturated heterocycles. The van der Waals surface area contributed by atoms with Gasteiger partial charge in [0, 0.05) is 20.3 Å². The molecule has 4 N–H and O–H groups in total. The maximum Gasteiger partial charge on any atom is 0.250 e. The third kappa shape index (κ3) is 8.29. The van der Waals surface area contributed by atoms with Crippen LogP contribution in [0.2, 0.25) is 0 Å². The molecule has 0 aliphatic carbocycles. The van der Waals surface area contributed by atoms with Crippen LogP contribution in [-0.4, -0.2) is 78.7 Å². The summed E-state index contributed by atoms with van der Waals surface area (Å²) in [5, 5.41) is 5.36. The number of ether oxygens (including phenoxy) is 3. The van der Waals surface area contributed by atoms with Crippen LogP contribution < -0.4 is 25.8 Å². The Morgan fingerprint density at radius 3 is 2.34 bits per heavy atom. The summed E-state index contributed by atoms with van der Waals surface area (Å²) in [4.78, 5) is 44.8. The van der Waals surface area contributed by atoms with Crippen molar-refractivity contribution in [3.8, 4) is 11.5 Å². The zero-order chi connectivity index (χ0) is 30.2. The van der Waals surface area contributed by atoms with E-state index >= 15 is 0 Å². The number of carbonyl (C=O) groups is 3. The molecule has 3 aromatic rings. The summed E-state index contributed by atoms with van der Waals surface area (Å²) < 4.78 is 18.1. The number of benzene rings is 2. The normalized spacial score (nSPS) is 12.7. The Balaban J connectivity index is 1.82. The second kappa shape index (κ2) is 13.8. The van der Waals surface area contributed by atoms with Crippen LogP contribution in [0.5, 0.6) is 11.5 Å². The van der Waals surface area contributed by atoms with Gasteiger partial charge in [-0.05, 0) is 37.1 Å². The number of methoxy groups -OCH3 is 2. The summed E-state index contributed by atoms with van der Waals surface area (Å²) in [6.07, 6.45) is 2.98. The van der Waals surface area contributed by atoms with Crippen molar-refractivity contribution in [3.63, 3.8) is 0 Å². The number of rotatable bonds is 13. The van der Waals surface area contributed by atoms with Crippen molar-refractivity contribution in [1.82, 2.24) is 19.8 Å². The van der Waals surface area contributed by atoms with E-state index in [-0.39, 0.29) is 24.9 Å². The highest BCUT2D eigenvalue weighted by Gasteiger charge is 2.30. The van der Waals surface area contributed by atoms with Gasteiger partial charge in [-0.2, -0.15) is 0 Å². The summed E-state index contributed by atoms with van der Waals surface area (Å²) in [7, 11) is 6.34. The molecule has 0 aliphatic heterocycles. The fourth-order valence-electron chi connectivity index (χ4n) is 3.86. The number of anilines is 1. The summed E-state index contributed by atoms with van der Waals surface area (Å²) in [5.41, 5.74) is 6.27. The highest BCUT2D eigenvalue weighted by atomic mass is 16.5. The van der Waals surface area contributed by atoms with Crippen LogP contribution in [0.3, 0.4) is 0 Å². The predicted molar refractivity (Wildman–Crippen MR) is 154 cm³/mol. The van der Waals surface area contributed by atoms with E-state index in [0.29, 0.717) is 17.1 Å². The smallest absolute Gasteiger partial charge is 0.250 e. The van der Waals surface area contributed by atoms with Gasteiger partial charge in [0.1, 0.15) is 12.1 Å². The molecule has 0 aliphatic rings. The molecule has 0 spiro atoms. The van der Waals surface area contributed by atoms with Gasteiger partial charge in [0.15, 0.2) is 17.3 Å². The van der Waals surface area contributed by atoms with E-state index < -0.39 is 29.4 Å². The van der Waals surface area contributed by atoms with Crippen molar-refractivity contribution < 1.29 is 28.6 Å². The second-order valence-electron chi connectivity index (χ2n) is 10.2. The van der Waals surface area contributed by atoms with Crippen molar-refractivity contribution in [2.24, 2.45) is 5.73 Å². The first-order valence-corrected chi connectivity index (χ1v) is 12.9. The minimum atomic E-state index is -1.21. The summed E-state index contributed by atoms with van der Waals surface area (Å²) in [5.74, 6) is -0.126. The van der Waals surface area contributed by atoms with Crippen molar-refractivity contribution >= 4 is 23.5 Å². The predicted octanol–water partition coefficient (Wildman–Crippen LogP) is 1.96. The number of nitrogens with one attached hydrogen (secondary N) is 2. The van der Waals surface area contributed by atoms with Crippen molar-refractivity contribution in [3.05, 3.63) is 72.2 Å². The van der Waals surface area contributed by atoms with E-state index in [9.17, 15) is 14.4 Å². The van der Waals surface area contributed by atoms with E-state index in [1.165, 1.54) is 31.6 Å². The highest BCUT2D eigenvalue weighted by molar-refractivity contribution is 5.98. The summed E-state index contributed by atoms with van der Waals surface area (Å²) in [6, 6.07) is 12.8. The number of nitrogens with zero attached hydrogens (tertiary/aromatic N) is 3. The molecule has 0 bridgehead atoms. The van der Waals surface area contributed by atoms with Crippen LogP contribution in [0.25, 0.3) is 0 Å². The van der Waals surface area contributed by atoms with E-state index in [4.69, 9.17) is 19.9 Å². The maximum absolute atomic E-state index is 13.3. The van der Waals surface area contributed by atoms with Gasteiger partial charge in [0.2, 0.25) is 11.8 Å². The van der Waals surface area contributed by atoms with Crippen LogP contribution in [-0.2, 0) is 25.7 Å². The first-order valence-electron chi connectivity index (χ1n) is 12.9. The lowest BCUT2D eigenvalue weighted by Gasteiger charge is -2.24. The highest BCUT2D eigenvalue weighted by Crippen LogP contribution is 2.32. The molecular formula is C29H38N6O6.